The minimum Gasteiger partial charge on any atom is -0.339 e. The van der Waals surface area contributed by atoms with Crippen LogP contribution in [0, 0.1) is 19.8 Å². The first-order valence-corrected chi connectivity index (χ1v) is 7.72. The maximum atomic E-state index is 12.4. The van der Waals surface area contributed by atoms with Gasteiger partial charge in [0.05, 0.1) is 5.92 Å². The lowest BCUT2D eigenvalue weighted by atomic mass is 9.92. The van der Waals surface area contributed by atoms with E-state index in [9.17, 15) is 9.59 Å². The van der Waals surface area contributed by atoms with E-state index in [2.05, 4.69) is 11.4 Å². The number of amides is 2. The van der Waals surface area contributed by atoms with Crippen molar-refractivity contribution in [2.45, 2.75) is 45.6 Å². The van der Waals surface area contributed by atoms with E-state index in [-0.39, 0.29) is 17.7 Å². The molecule has 3 rings (SSSR count). The summed E-state index contributed by atoms with van der Waals surface area (Å²) in [6.07, 6.45) is 3.75. The van der Waals surface area contributed by atoms with Gasteiger partial charge in [0.2, 0.25) is 11.8 Å². The highest BCUT2D eigenvalue weighted by molar-refractivity contribution is 5.97. The van der Waals surface area contributed by atoms with Gasteiger partial charge in [-0.15, -0.1) is 0 Å². The van der Waals surface area contributed by atoms with E-state index in [0.717, 1.165) is 24.1 Å². The van der Waals surface area contributed by atoms with Crippen LogP contribution in [0.2, 0.25) is 0 Å². The van der Waals surface area contributed by atoms with Crippen molar-refractivity contribution in [3.63, 3.8) is 0 Å². The molecule has 2 fully saturated rings. The number of nitrogens with one attached hydrogen (secondary N) is 1. The van der Waals surface area contributed by atoms with Crippen LogP contribution in [0.15, 0.2) is 18.2 Å². The number of likely N-dealkylation sites (tertiary alicyclic amines) is 1. The molecule has 112 valence electrons. The highest BCUT2D eigenvalue weighted by atomic mass is 16.2. The zero-order valence-corrected chi connectivity index (χ0v) is 12.7. The summed E-state index contributed by atoms with van der Waals surface area (Å²) < 4.78 is 0. The molecule has 0 radical (unpaired) electrons. The van der Waals surface area contributed by atoms with Gasteiger partial charge in [0.15, 0.2) is 0 Å². The third-order valence-corrected chi connectivity index (χ3v) is 4.68. The van der Waals surface area contributed by atoms with E-state index < -0.39 is 0 Å². The smallest absolute Gasteiger partial charge is 0.229 e. The molecule has 1 saturated carbocycles. The zero-order chi connectivity index (χ0) is 15.0. The van der Waals surface area contributed by atoms with E-state index in [1.807, 2.05) is 30.9 Å². The Morgan fingerprint density at radius 1 is 1.29 bits per heavy atom. The summed E-state index contributed by atoms with van der Waals surface area (Å²) in [6, 6.07) is 6.36. The van der Waals surface area contributed by atoms with Crippen molar-refractivity contribution in [3.8, 4) is 0 Å². The number of hydrogen-bond donors (Lipinski definition) is 1. The van der Waals surface area contributed by atoms with Gasteiger partial charge < -0.3 is 10.2 Å². The molecule has 1 atom stereocenters. The lowest BCUT2D eigenvalue weighted by Crippen LogP contribution is -2.41. The van der Waals surface area contributed by atoms with Gasteiger partial charge >= 0.3 is 0 Å². The SMILES string of the molecule is Cc1ccc(NC(=O)C2CC(=O)N(C3CCC3)C2)c(C)c1. The second kappa shape index (κ2) is 5.51. The van der Waals surface area contributed by atoms with Crippen LogP contribution in [0.3, 0.4) is 0 Å². The van der Waals surface area contributed by atoms with Gasteiger partial charge in [0, 0.05) is 24.7 Å². The monoisotopic (exact) mass is 286 g/mol. The van der Waals surface area contributed by atoms with Crippen LogP contribution in [0.4, 0.5) is 5.69 Å². The molecule has 1 saturated heterocycles. The predicted octanol–water partition coefficient (Wildman–Crippen LogP) is 2.64. The standard InChI is InChI=1S/C17H22N2O2/c1-11-6-7-15(12(2)8-11)18-17(21)13-9-16(20)19(10-13)14-4-3-5-14/h6-8,13-14H,3-5,9-10H2,1-2H3,(H,18,21). The number of carbonyl (C=O) groups is 2. The third-order valence-electron chi connectivity index (χ3n) is 4.68. The quantitative estimate of drug-likeness (QED) is 0.928. The summed E-state index contributed by atoms with van der Waals surface area (Å²) in [7, 11) is 0. The first kappa shape index (κ1) is 14.1. The molecule has 4 heteroatoms. The van der Waals surface area contributed by atoms with Gasteiger partial charge in [0.1, 0.15) is 0 Å². The van der Waals surface area contributed by atoms with Crippen LogP contribution in [0.25, 0.3) is 0 Å². The molecular weight excluding hydrogens is 264 g/mol. The molecule has 0 spiro atoms. The molecule has 1 aromatic rings. The van der Waals surface area contributed by atoms with Crippen LogP contribution in [0.1, 0.15) is 36.8 Å². The number of nitrogens with zero attached hydrogens (tertiary/aromatic N) is 1. The highest BCUT2D eigenvalue weighted by Crippen LogP contribution is 2.31. The van der Waals surface area contributed by atoms with Crippen LogP contribution >= 0.6 is 0 Å². The Labute approximate surface area is 125 Å². The van der Waals surface area contributed by atoms with E-state index in [1.165, 1.54) is 12.0 Å². The molecule has 1 aliphatic carbocycles. The van der Waals surface area contributed by atoms with Gasteiger partial charge in [-0.1, -0.05) is 17.7 Å². The molecule has 1 aromatic carbocycles. The first-order chi connectivity index (χ1) is 10.0. The van der Waals surface area contributed by atoms with Crippen molar-refractivity contribution in [2.75, 3.05) is 11.9 Å². The number of hydrogen-bond acceptors (Lipinski definition) is 2. The molecular formula is C17H22N2O2. The average Bonchev–Trinajstić information content (AvgIpc) is 2.73. The maximum Gasteiger partial charge on any atom is 0.229 e. The Morgan fingerprint density at radius 3 is 2.67 bits per heavy atom. The van der Waals surface area contributed by atoms with Crippen LogP contribution in [-0.2, 0) is 9.59 Å². The topological polar surface area (TPSA) is 49.4 Å². The van der Waals surface area contributed by atoms with Crippen molar-refractivity contribution in [2.24, 2.45) is 5.92 Å². The minimum atomic E-state index is -0.209. The summed E-state index contributed by atoms with van der Waals surface area (Å²) in [5.74, 6) is -0.101. The summed E-state index contributed by atoms with van der Waals surface area (Å²) in [5, 5.41) is 2.98. The van der Waals surface area contributed by atoms with Crippen molar-refractivity contribution >= 4 is 17.5 Å². The number of rotatable bonds is 3. The van der Waals surface area contributed by atoms with Crippen LogP contribution in [0.5, 0.6) is 0 Å². The molecule has 0 bridgehead atoms. The molecule has 2 aliphatic rings. The Balaban J connectivity index is 1.64. The number of aryl methyl sites for hydroxylation is 2. The van der Waals surface area contributed by atoms with E-state index in [4.69, 9.17) is 0 Å². The molecule has 0 aromatic heterocycles. The van der Waals surface area contributed by atoms with E-state index in [0.29, 0.717) is 19.0 Å². The number of carbonyl (C=O) groups excluding carboxylic acids is 2. The Hall–Kier alpha value is -1.84. The second-order valence-corrected chi connectivity index (χ2v) is 6.34. The van der Waals surface area contributed by atoms with E-state index >= 15 is 0 Å². The Morgan fingerprint density at radius 2 is 2.05 bits per heavy atom. The fourth-order valence-electron chi connectivity index (χ4n) is 3.15. The Bertz CT molecular complexity index is 578. The average molecular weight is 286 g/mol. The normalized spacial score (nSPS) is 22.3. The van der Waals surface area contributed by atoms with Crippen molar-refractivity contribution in [1.82, 2.24) is 4.90 Å². The number of benzene rings is 1. The van der Waals surface area contributed by atoms with Gasteiger partial charge in [-0.3, -0.25) is 9.59 Å². The van der Waals surface area contributed by atoms with E-state index in [1.54, 1.807) is 0 Å². The molecule has 21 heavy (non-hydrogen) atoms. The molecule has 1 unspecified atom stereocenters. The zero-order valence-electron chi connectivity index (χ0n) is 12.7. The minimum absolute atomic E-state index is 0.0304. The molecule has 4 nitrogen and oxygen atoms in total. The molecule has 1 aliphatic heterocycles. The first-order valence-electron chi connectivity index (χ1n) is 7.72. The second-order valence-electron chi connectivity index (χ2n) is 6.34. The fourth-order valence-corrected chi connectivity index (χ4v) is 3.15. The molecule has 1 N–H and O–H groups in total. The largest absolute Gasteiger partial charge is 0.339 e. The van der Waals surface area contributed by atoms with Crippen molar-refractivity contribution < 1.29 is 9.59 Å². The highest BCUT2D eigenvalue weighted by Gasteiger charge is 2.39. The molecule has 1 heterocycles. The maximum absolute atomic E-state index is 12.4. The lowest BCUT2D eigenvalue weighted by molar-refractivity contribution is -0.131. The third kappa shape index (κ3) is 2.80. The van der Waals surface area contributed by atoms with Gasteiger partial charge in [0.25, 0.3) is 0 Å². The summed E-state index contributed by atoms with van der Waals surface area (Å²) >= 11 is 0. The van der Waals surface area contributed by atoms with Gasteiger partial charge in [-0.25, -0.2) is 0 Å². The van der Waals surface area contributed by atoms with Crippen LogP contribution in [-0.4, -0.2) is 29.3 Å². The van der Waals surface area contributed by atoms with Gasteiger partial charge in [-0.05, 0) is 44.7 Å². The van der Waals surface area contributed by atoms with Gasteiger partial charge in [-0.2, -0.15) is 0 Å². The molecule has 2 amide bonds. The summed E-state index contributed by atoms with van der Waals surface area (Å²) in [5.41, 5.74) is 3.08. The van der Waals surface area contributed by atoms with Crippen LogP contribution < -0.4 is 5.32 Å². The summed E-state index contributed by atoms with van der Waals surface area (Å²) in [6.45, 7) is 4.61. The van der Waals surface area contributed by atoms with Crippen molar-refractivity contribution in [3.05, 3.63) is 29.3 Å². The lowest BCUT2D eigenvalue weighted by Gasteiger charge is -2.34. The Kier molecular flexibility index (Phi) is 3.70. The summed E-state index contributed by atoms with van der Waals surface area (Å²) in [4.78, 5) is 26.3. The fraction of sp³-hybridized carbons (Fsp3) is 0.529. The number of anilines is 1. The predicted molar refractivity (Wildman–Crippen MR) is 82.0 cm³/mol. The van der Waals surface area contributed by atoms with Crippen molar-refractivity contribution in [1.29, 1.82) is 0 Å².